The van der Waals surface area contributed by atoms with Gasteiger partial charge >= 0.3 is 5.97 Å². The standard InChI is InChI=1S/C25H29N3O4S3/c1-4-28-17-11-10-15(2)12-19(17)35-25(28)27-21(30)14-33-13-20(29)26-23-22(24(31)32-3)16-8-6-5-7-9-18(16)34-23/h10-12H,4-9,13-14H2,1-3H3,(H,26,29). The van der Waals surface area contributed by atoms with Gasteiger partial charge in [-0.2, -0.15) is 4.99 Å². The number of carbonyl (C=O) groups is 3. The van der Waals surface area contributed by atoms with Crippen molar-refractivity contribution >= 4 is 67.4 Å². The van der Waals surface area contributed by atoms with Crippen molar-refractivity contribution in [3.63, 3.8) is 0 Å². The lowest BCUT2D eigenvalue weighted by Gasteiger charge is -2.07. The smallest absolute Gasteiger partial charge is 0.341 e. The number of rotatable bonds is 7. The maximum atomic E-state index is 12.6. The lowest BCUT2D eigenvalue weighted by molar-refractivity contribution is -0.115. The number of hydrogen-bond donors (Lipinski definition) is 1. The molecule has 0 saturated heterocycles. The fraction of sp³-hybridized carbons (Fsp3) is 0.440. The van der Waals surface area contributed by atoms with Crippen molar-refractivity contribution in [3.05, 3.63) is 44.6 Å². The molecule has 1 aromatic carbocycles. The summed E-state index contributed by atoms with van der Waals surface area (Å²) in [5, 5.41) is 3.43. The highest BCUT2D eigenvalue weighted by molar-refractivity contribution is 8.00. The lowest BCUT2D eigenvalue weighted by Crippen LogP contribution is -2.18. The molecule has 10 heteroatoms. The zero-order valence-electron chi connectivity index (χ0n) is 20.1. The van der Waals surface area contributed by atoms with E-state index in [4.69, 9.17) is 4.74 Å². The highest BCUT2D eigenvalue weighted by atomic mass is 32.2. The molecule has 35 heavy (non-hydrogen) atoms. The molecule has 0 atom stereocenters. The summed E-state index contributed by atoms with van der Waals surface area (Å²) in [6, 6.07) is 6.21. The van der Waals surface area contributed by atoms with Gasteiger partial charge in [-0.15, -0.1) is 23.1 Å². The number of aromatic nitrogens is 1. The minimum absolute atomic E-state index is 0.101. The van der Waals surface area contributed by atoms with E-state index in [0.717, 1.165) is 59.3 Å². The van der Waals surface area contributed by atoms with E-state index >= 15 is 0 Å². The predicted octanol–water partition coefficient (Wildman–Crippen LogP) is 4.95. The van der Waals surface area contributed by atoms with Crippen LogP contribution in [0.3, 0.4) is 0 Å². The van der Waals surface area contributed by atoms with Crippen LogP contribution in [-0.4, -0.2) is 41.0 Å². The van der Waals surface area contributed by atoms with Gasteiger partial charge in [0.1, 0.15) is 5.00 Å². The molecule has 186 valence electrons. The Balaban J connectivity index is 1.40. The molecule has 2 amide bonds. The second kappa shape index (κ2) is 11.5. The summed E-state index contributed by atoms with van der Waals surface area (Å²) in [6.07, 6.45) is 4.99. The first-order valence-electron chi connectivity index (χ1n) is 11.7. The SMILES string of the molecule is CCn1c(=NC(=O)CSCC(=O)Nc2sc3c(c2C(=O)OC)CCCCC3)sc2cc(C)ccc21. The third kappa shape index (κ3) is 5.87. The van der Waals surface area contributed by atoms with Gasteiger partial charge in [0.25, 0.3) is 5.91 Å². The number of thioether (sulfide) groups is 1. The van der Waals surface area contributed by atoms with Crippen molar-refractivity contribution in [1.82, 2.24) is 4.57 Å². The molecule has 1 N–H and O–H groups in total. The van der Waals surface area contributed by atoms with Crippen LogP contribution in [0.15, 0.2) is 23.2 Å². The number of carbonyl (C=O) groups excluding carboxylic acids is 3. The molecule has 0 radical (unpaired) electrons. The molecule has 2 heterocycles. The summed E-state index contributed by atoms with van der Waals surface area (Å²) in [4.78, 5) is 43.7. The topological polar surface area (TPSA) is 89.8 Å². The van der Waals surface area contributed by atoms with E-state index in [9.17, 15) is 14.4 Å². The Kier molecular flexibility index (Phi) is 8.46. The second-order valence-corrected chi connectivity index (χ2v) is 11.5. The molecule has 1 aliphatic rings. The number of fused-ring (bicyclic) bond motifs is 2. The molecule has 0 spiro atoms. The molecule has 1 aliphatic carbocycles. The largest absolute Gasteiger partial charge is 0.465 e. The van der Waals surface area contributed by atoms with Crippen molar-refractivity contribution in [2.24, 2.45) is 4.99 Å². The van der Waals surface area contributed by atoms with Crippen molar-refractivity contribution in [2.75, 3.05) is 23.9 Å². The molecule has 0 saturated carbocycles. The van der Waals surface area contributed by atoms with Crippen LogP contribution in [-0.2, 0) is 33.7 Å². The number of ether oxygens (including phenoxy) is 1. The number of anilines is 1. The van der Waals surface area contributed by atoms with Crippen LogP contribution in [0.4, 0.5) is 5.00 Å². The van der Waals surface area contributed by atoms with Gasteiger partial charge in [-0.3, -0.25) is 9.59 Å². The van der Waals surface area contributed by atoms with Crippen molar-refractivity contribution in [3.8, 4) is 0 Å². The number of benzene rings is 1. The van der Waals surface area contributed by atoms with Gasteiger partial charge < -0.3 is 14.6 Å². The second-order valence-electron chi connectivity index (χ2n) is 8.41. The van der Waals surface area contributed by atoms with Gasteiger partial charge in [0.15, 0.2) is 4.80 Å². The van der Waals surface area contributed by atoms with Crippen LogP contribution in [0.1, 0.15) is 52.5 Å². The number of hydrogen-bond acceptors (Lipinski definition) is 7. The van der Waals surface area contributed by atoms with E-state index in [-0.39, 0.29) is 23.3 Å². The van der Waals surface area contributed by atoms with Crippen molar-refractivity contribution in [1.29, 1.82) is 0 Å². The maximum absolute atomic E-state index is 12.6. The molecule has 2 aromatic heterocycles. The summed E-state index contributed by atoms with van der Waals surface area (Å²) in [5.41, 5.74) is 3.73. The maximum Gasteiger partial charge on any atom is 0.341 e. The van der Waals surface area contributed by atoms with Crippen LogP contribution in [0.25, 0.3) is 10.2 Å². The number of amides is 2. The fourth-order valence-electron chi connectivity index (χ4n) is 4.25. The number of methoxy groups -OCH3 is 1. The first-order valence-corrected chi connectivity index (χ1v) is 14.5. The number of thiophene rings is 1. The van der Waals surface area contributed by atoms with E-state index in [0.29, 0.717) is 15.4 Å². The number of nitrogens with zero attached hydrogens (tertiary/aromatic N) is 2. The van der Waals surface area contributed by atoms with Crippen LogP contribution in [0.5, 0.6) is 0 Å². The van der Waals surface area contributed by atoms with Gasteiger partial charge in [0.2, 0.25) is 5.91 Å². The Hall–Kier alpha value is -2.43. The number of thiazole rings is 1. The Bertz CT molecular complexity index is 1340. The summed E-state index contributed by atoms with van der Waals surface area (Å²) in [5.74, 6) is -0.722. The van der Waals surface area contributed by atoms with Crippen LogP contribution < -0.4 is 10.1 Å². The van der Waals surface area contributed by atoms with Gasteiger partial charge in [0, 0.05) is 11.4 Å². The summed E-state index contributed by atoms with van der Waals surface area (Å²) in [6.45, 7) is 4.79. The van der Waals surface area contributed by atoms with Crippen LogP contribution in [0, 0.1) is 6.92 Å². The van der Waals surface area contributed by atoms with Crippen molar-refractivity contribution in [2.45, 2.75) is 52.5 Å². The highest BCUT2D eigenvalue weighted by Gasteiger charge is 2.26. The van der Waals surface area contributed by atoms with E-state index < -0.39 is 5.97 Å². The van der Waals surface area contributed by atoms with E-state index in [1.807, 2.05) is 18.4 Å². The number of nitrogens with one attached hydrogen (secondary N) is 1. The van der Waals surface area contributed by atoms with E-state index in [1.165, 1.54) is 47.1 Å². The molecule has 7 nitrogen and oxygen atoms in total. The monoisotopic (exact) mass is 531 g/mol. The minimum Gasteiger partial charge on any atom is -0.465 e. The Labute approximate surface area is 216 Å². The van der Waals surface area contributed by atoms with Gasteiger partial charge in [-0.25, -0.2) is 4.79 Å². The van der Waals surface area contributed by atoms with Gasteiger partial charge in [-0.1, -0.05) is 23.8 Å². The first-order chi connectivity index (χ1) is 16.9. The Morgan fingerprint density at radius 3 is 2.71 bits per heavy atom. The van der Waals surface area contributed by atoms with E-state index in [2.05, 4.69) is 28.5 Å². The predicted molar refractivity (Wildman–Crippen MR) is 144 cm³/mol. The zero-order valence-corrected chi connectivity index (χ0v) is 22.6. The van der Waals surface area contributed by atoms with E-state index in [1.54, 1.807) is 0 Å². The molecule has 4 rings (SSSR count). The van der Waals surface area contributed by atoms with Gasteiger partial charge in [-0.05, 0) is 62.8 Å². The van der Waals surface area contributed by atoms with Crippen molar-refractivity contribution < 1.29 is 19.1 Å². The lowest BCUT2D eigenvalue weighted by atomic mass is 10.1. The normalized spacial score (nSPS) is 14.0. The summed E-state index contributed by atoms with van der Waals surface area (Å²) in [7, 11) is 1.36. The average Bonchev–Trinajstić information content (AvgIpc) is 3.24. The third-order valence-electron chi connectivity index (χ3n) is 5.90. The Morgan fingerprint density at radius 2 is 1.94 bits per heavy atom. The number of esters is 1. The molecule has 0 fully saturated rings. The molecular formula is C25H29N3O4S3. The number of aryl methyl sites for hydroxylation is 3. The zero-order chi connectivity index (χ0) is 24.9. The molecule has 0 bridgehead atoms. The molecule has 0 aliphatic heterocycles. The molecule has 3 aromatic rings. The highest BCUT2D eigenvalue weighted by Crippen LogP contribution is 2.38. The first kappa shape index (κ1) is 25.7. The van der Waals surface area contributed by atoms with Gasteiger partial charge in [0.05, 0.1) is 34.4 Å². The molecular weight excluding hydrogens is 502 g/mol. The third-order valence-corrected chi connectivity index (χ3v) is 9.06. The average molecular weight is 532 g/mol. The fourth-order valence-corrected chi connectivity index (χ4v) is 7.35. The summed E-state index contributed by atoms with van der Waals surface area (Å²) >= 11 is 4.18. The minimum atomic E-state index is -0.413. The summed E-state index contributed by atoms with van der Waals surface area (Å²) < 4.78 is 8.12. The quantitative estimate of drug-likeness (QED) is 0.344. The van der Waals surface area contributed by atoms with Crippen LogP contribution >= 0.6 is 34.4 Å². The Morgan fingerprint density at radius 1 is 1.14 bits per heavy atom. The molecule has 0 unspecified atom stereocenters. The van der Waals surface area contributed by atoms with Crippen LogP contribution in [0.2, 0.25) is 0 Å².